The molecule has 3 heterocycles. The number of benzene rings is 1. The van der Waals surface area contributed by atoms with Gasteiger partial charge in [-0.2, -0.15) is 13.2 Å². The number of aliphatic hydroxyl groups is 1. The van der Waals surface area contributed by atoms with Gasteiger partial charge in [0.25, 0.3) is 0 Å². The van der Waals surface area contributed by atoms with Gasteiger partial charge in [0, 0.05) is 52.0 Å². The highest BCUT2D eigenvalue weighted by atomic mass is 19.4. The smallest absolute Gasteiger partial charge is 0.434 e. The predicted molar refractivity (Wildman–Crippen MR) is 114 cm³/mol. The standard InChI is InChI=1S/C22H26F3N5O3/c1-14-2-4-15(5-3-14)11-28-6-8-29(9-7-28)17-12-30(13-18(17)31)21-26-10-16(20(32)33)19(27-21)22(23,24)25/h2-5,10,17-18,31H,6-9,11-13H2,1H3,(H,32,33)/t17-,18-/m1/s1. The molecule has 2 N–H and O–H groups in total. The first-order chi connectivity index (χ1) is 15.6. The number of halogens is 3. The molecule has 2 aliphatic rings. The Hall–Kier alpha value is -2.76. The Balaban J connectivity index is 1.39. The number of aromatic carboxylic acids is 1. The van der Waals surface area contributed by atoms with Gasteiger partial charge in [0.05, 0.1) is 12.1 Å². The second kappa shape index (κ2) is 9.24. The number of rotatable bonds is 5. The molecule has 1 aromatic heterocycles. The van der Waals surface area contributed by atoms with Crippen molar-refractivity contribution in [2.45, 2.75) is 31.8 Å². The quantitative estimate of drug-likeness (QED) is 0.692. The van der Waals surface area contributed by atoms with E-state index in [1.54, 1.807) is 0 Å². The van der Waals surface area contributed by atoms with Crippen molar-refractivity contribution >= 4 is 11.9 Å². The number of aromatic nitrogens is 2. The summed E-state index contributed by atoms with van der Waals surface area (Å²) in [6.45, 7) is 6.34. The van der Waals surface area contributed by atoms with E-state index in [2.05, 4.69) is 44.0 Å². The molecule has 0 aliphatic carbocycles. The van der Waals surface area contributed by atoms with Crippen molar-refractivity contribution in [3.8, 4) is 0 Å². The van der Waals surface area contributed by atoms with E-state index in [-0.39, 0.29) is 25.1 Å². The maximum absolute atomic E-state index is 13.3. The lowest BCUT2D eigenvalue weighted by Gasteiger charge is -2.38. The van der Waals surface area contributed by atoms with Gasteiger partial charge in [-0.3, -0.25) is 9.80 Å². The molecule has 0 unspecified atom stereocenters. The minimum Gasteiger partial charge on any atom is -0.478 e. The van der Waals surface area contributed by atoms with Crippen molar-refractivity contribution in [3.63, 3.8) is 0 Å². The van der Waals surface area contributed by atoms with Gasteiger partial charge in [0.2, 0.25) is 5.95 Å². The number of carboxylic acid groups (broad SMARTS) is 1. The van der Waals surface area contributed by atoms with Gasteiger partial charge >= 0.3 is 12.1 Å². The Bertz CT molecular complexity index is 994. The predicted octanol–water partition coefficient (Wildman–Crippen LogP) is 1.87. The van der Waals surface area contributed by atoms with E-state index in [9.17, 15) is 23.1 Å². The number of anilines is 1. The lowest BCUT2D eigenvalue weighted by Crippen LogP contribution is -2.53. The molecular weight excluding hydrogens is 439 g/mol. The Morgan fingerprint density at radius 2 is 1.79 bits per heavy atom. The largest absolute Gasteiger partial charge is 0.478 e. The minimum absolute atomic E-state index is 0.0813. The van der Waals surface area contributed by atoms with E-state index in [0.717, 1.165) is 32.7 Å². The third-order valence-corrected chi connectivity index (χ3v) is 6.22. The number of carboxylic acids is 1. The molecule has 2 atom stereocenters. The third kappa shape index (κ3) is 5.26. The van der Waals surface area contributed by atoms with Gasteiger partial charge in [-0.15, -0.1) is 0 Å². The molecular formula is C22H26F3N5O3. The van der Waals surface area contributed by atoms with Crippen LogP contribution in [0.4, 0.5) is 19.1 Å². The molecule has 2 aromatic rings. The minimum atomic E-state index is -4.92. The van der Waals surface area contributed by atoms with E-state index < -0.39 is 29.5 Å². The molecule has 4 rings (SSSR count). The zero-order valence-corrected chi connectivity index (χ0v) is 18.2. The first-order valence-corrected chi connectivity index (χ1v) is 10.7. The molecule has 2 saturated heterocycles. The summed E-state index contributed by atoms with van der Waals surface area (Å²) in [7, 11) is 0. The molecule has 2 aliphatic heterocycles. The number of alkyl halides is 3. The van der Waals surface area contributed by atoms with Crippen LogP contribution in [-0.2, 0) is 12.7 Å². The van der Waals surface area contributed by atoms with Crippen molar-refractivity contribution in [3.05, 3.63) is 52.8 Å². The summed E-state index contributed by atoms with van der Waals surface area (Å²) in [6, 6.07) is 8.15. The fourth-order valence-electron chi connectivity index (χ4n) is 4.39. The normalized spacial score (nSPS) is 22.6. The van der Waals surface area contributed by atoms with Crippen LogP contribution in [-0.4, -0.2) is 87.4 Å². The maximum Gasteiger partial charge on any atom is 0.434 e. The molecule has 0 radical (unpaired) electrons. The Kier molecular flexibility index (Phi) is 6.55. The fraction of sp³-hybridized carbons (Fsp3) is 0.500. The zero-order valence-electron chi connectivity index (χ0n) is 18.2. The molecule has 11 heteroatoms. The van der Waals surface area contributed by atoms with E-state index in [1.807, 2.05) is 6.92 Å². The van der Waals surface area contributed by atoms with Crippen LogP contribution in [0.1, 0.15) is 27.2 Å². The fourth-order valence-corrected chi connectivity index (χ4v) is 4.39. The highest BCUT2D eigenvalue weighted by Crippen LogP contribution is 2.32. The topological polar surface area (TPSA) is 93.0 Å². The summed E-state index contributed by atoms with van der Waals surface area (Å²) in [5, 5.41) is 19.6. The summed E-state index contributed by atoms with van der Waals surface area (Å²) in [5.41, 5.74) is -0.0225. The second-order valence-corrected chi connectivity index (χ2v) is 8.57. The number of β-amino-alcohol motifs (C(OH)–C–C–N with tert-alkyl or cyclic N) is 1. The van der Waals surface area contributed by atoms with Crippen molar-refractivity contribution in [1.82, 2.24) is 19.8 Å². The molecule has 2 fully saturated rings. The third-order valence-electron chi connectivity index (χ3n) is 6.22. The van der Waals surface area contributed by atoms with Gasteiger partial charge in [-0.25, -0.2) is 14.8 Å². The van der Waals surface area contributed by atoms with Gasteiger partial charge in [0.1, 0.15) is 5.56 Å². The van der Waals surface area contributed by atoms with Crippen molar-refractivity contribution < 1.29 is 28.2 Å². The SMILES string of the molecule is Cc1ccc(CN2CCN([C@@H]3CN(c4ncc(C(=O)O)c(C(F)(F)F)n4)C[C@H]3O)CC2)cc1. The number of hydrogen-bond acceptors (Lipinski definition) is 7. The average molecular weight is 465 g/mol. The summed E-state index contributed by atoms with van der Waals surface area (Å²) >= 11 is 0. The van der Waals surface area contributed by atoms with Gasteiger partial charge in [-0.05, 0) is 12.5 Å². The van der Waals surface area contributed by atoms with Crippen molar-refractivity contribution in [2.75, 3.05) is 44.2 Å². The van der Waals surface area contributed by atoms with Gasteiger partial charge < -0.3 is 15.1 Å². The summed E-state index contributed by atoms with van der Waals surface area (Å²) < 4.78 is 39.9. The zero-order chi connectivity index (χ0) is 23.8. The lowest BCUT2D eigenvalue weighted by molar-refractivity contribution is -0.141. The number of hydrogen-bond donors (Lipinski definition) is 2. The average Bonchev–Trinajstić information content (AvgIpc) is 3.16. The monoisotopic (exact) mass is 465 g/mol. The highest BCUT2D eigenvalue weighted by molar-refractivity contribution is 5.88. The molecule has 178 valence electrons. The second-order valence-electron chi connectivity index (χ2n) is 8.57. The van der Waals surface area contributed by atoms with E-state index in [1.165, 1.54) is 16.0 Å². The summed E-state index contributed by atoms with van der Waals surface area (Å²) in [6.07, 6.45) is -5.01. The Labute approximate surface area is 189 Å². The van der Waals surface area contributed by atoms with E-state index >= 15 is 0 Å². The van der Waals surface area contributed by atoms with Crippen LogP contribution in [0.25, 0.3) is 0 Å². The number of aryl methyl sites for hydroxylation is 1. The van der Waals surface area contributed by atoms with Crippen LogP contribution >= 0.6 is 0 Å². The molecule has 33 heavy (non-hydrogen) atoms. The Morgan fingerprint density at radius 1 is 1.12 bits per heavy atom. The molecule has 0 saturated carbocycles. The first-order valence-electron chi connectivity index (χ1n) is 10.7. The van der Waals surface area contributed by atoms with E-state index in [4.69, 9.17) is 5.11 Å². The molecule has 8 nitrogen and oxygen atoms in total. The molecule has 0 bridgehead atoms. The molecule has 0 spiro atoms. The van der Waals surface area contributed by atoms with Crippen LogP contribution in [0.2, 0.25) is 0 Å². The number of aliphatic hydroxyl groups excluding tert-OH is 1. The van der Waals surface area contributed by atoms with Crippen LogP contribution in [0.5, 0.6) is 0 Å². The van der Waals surface area contributed by atoms with Crippen LogP contribution in [0.3, 0.4) is 0 Å². The highest BCUT2D eigenvalue weighted by Gasteiger charge is 2.41. The van der Waals surface area contributed by atoms with Crippen LogP contribution < -0.4 is 4.90 Å². The summed E-state index contributed by atoms with van der Waals surface area (Å²) in [5.74, 6) is -1.97. The first kappa shape index (κ1) is 23.4. The van der Waals surface area contributed by atoms with Crippen LogP contribution in [0.15, 0.2) is 30.5 Å². The van der Waals surface area contributed by atoms with Crippen LogP contribution in [0, 0.1) is 6.92 Å². The number of carbonyl (C=O) groups is 1. The van der Waals surface area contributed by atoms with Crippen molar-refractivity contribution in [2.24, 2.45) is 0 Å². The van der Waals surface area contributed by atoms with Crippen molar-refractivity contribution in [1.29, 1.82) is 0 Å². The number of nitrogens with zero attached hydrogens (tertiary/aromatic N) is 5. The lowest BCUT2D eigenvalue weighted by atomic mass is 10.1. The van der Waals surface area contributed by atoms with E-state index in [0.29, 0.717) is 6.20 Å². The summed E-state index contributed by atoms with van der Waals surface area (Å²) in [4.78, 5) is 24.4. The maximum atomic E-state index is 13.3. The Morgan fingerprint density at radius 3 is 2.39 bits per heavy atom. The molecule has 1 aromatic carbocycles. The van der Waals surface area contributed by atoms with Gasteiger partial charge in [0.15, 0.2) is 5.69 Å². The number of piperazine rings is 1. The molecule has 0 amide bonds. The van der Waals surface area contributed by atoms with Gasteiger partial charge in [-0.1, -0.05) is 29.8 Å².